The minimum atomic E-state index is -4.21. The number of rotatable bonds is 3. The third kappa shape index (κ3) is 3.81. The molecule has 1 unspecified atom stereocenters. The number of nitrogens with zero attached hydrogens (tertiary/aromatic N) is 1. The quantitative estimate of drug-likeness (QED) is 0.732. The van der Waals surface area contributed by atoms with Gasteiger partial charge in [-0.1, -0.05) is 13.3 Å². The Balaban J connectivity index is 2.60. The Kier molecular flexibility index (Phi) is 4.13. The fourth-order valence-corrected chi connectivity index (χ4v) is 2.02. The zero-order valence-corrected chi connectivity index (χ0v) is 8.81. The van der Waals surface area contributed by atoms with Gasteiger partial charge in [0, 0.05) is 6.42 Å². The van der Waals surface area contributed by atoms with E-state index in [1.165, 1.54) is 4.90 Å². The molecule has 0 radical (unpaired) electrons. The number of ketones is 1. The van der Waals surface area contributed by atoms with Crippen molar-refractivity contribution in [3.8, 4) is 0 Å². The lowest BCUT2D eigenvalue weighted by Crippen LogP contribution is -2.47. The molecule has 2 nitrogen and oxygen atoms in total. The van der Waals surface area contributed by atoms with Crippen LogP contribution in [0.25, 0.3) is 0 Å². The molecule has 1 saturated carbocycles. The van der Waals surface area contributed by atoms with Crippen LogP contribution in [0.1, 0.15) is 32.6 Å². The molecule has 1 rings (SSSR count). The lowest BCUT2D eigenvalue weighted by atomic mass is 9.93. The van der Waals surface area contributed by atoms with Gasteiger partial charge in [-0.3, -0.25) is 9.69 Å². The van der Waals surface area contributed by atoms with Gasteiger partial charge in [0.25, 0.3) is 0 Å². The lowest BCUT2D eigenvalue weighted by molar-refractivity contribution is -0.155. The largest absolute Gasteiger partial charge is 0.401 e. The minimum Gasteiger partial charge on any atom is -0.298 e. The van der Waals surface area contributed by atoms with Gasteiger partial charge in [0.2, 0.25) is 0 Å². The molecule has 0 amide bonds. The molecule has 88 valence electrons. The van der Waals surface area contributed by atoms with Gasteiger partial charge in [-0.05, 0) is 19.4 Å². The van der Waals surface area contributed by atoms with Crippen molar-refractivity contribution in [2.24, 2.45) is 0 Å². The van der Waals surface area contributed by atoms with E-state index in [-0.39, 0.29) is 12.3 Å². The molecule has 1 fully saturated rings. The highest BCUT2D eigenvalue weighted by molar-refractivity contribution is 5.84. The normalized spacial score (nSPS) is 23.5. The molecule has 1 atom stereocenters. The van der Waals surface area contributed by atoms with Crippen LogP contribution in [0, 0.1) is 0 Å². The van der Waals surface area contributed by atoms with Crippen LogP contribution in [-0.4, -0.2) is 36.0 Å². The Hall–Kier alpha value is -0.580. The summed E-state index contributed by atoms with van der Waals surface area (Å²) in [6, 6.07) is -0.509. The van der Waals surface area contributed by atoms with E-state index in [0.29, 0.717) is 12.8 Å². The Morgan fingerprint density at radius 1 is 1.40 bits per heavy atom. The first kappa shape index (κ1) is 12.5. The van der Waals surface area contributed by atoms with E-state index in [9.17, 15) is 18.0 Å². The van der Waals surface area contributed by atoms with E-state index in [0.717, 1.165) is 12.8 Å². The van der Waals surface area contributed by atoms with Gasteiger partial charge in [-0.2, -0.15) is 13.2 Å². The summed E-state index contributed by atoms with van der Waals surface area (Å²) >= 11 is 0. The number of hydrogen-bond donors (Lipinski definition) is 0. The summed E-state index contributed by atoms with van der Waals surface area (Å²) in [6.07, 6.45) is -1.54. The Labute approximate surface area is 87.4 Å². The van der Waals surface area contributed by atoms with Gasteiger partial charge in [0.15, 0.2) is 0 Å². The molecule has 0 spiro atoms. The Morgan fingerprint density at radius 2 is 2.07 bits per heavy atom. The van der Waals surface area contributed by atoms with Crippen molar-refractivity contribution in [1.82, 2.24) is 4.90 Å². The second kappa shape index (κ2) is 4.96. The number of Topliss-reactive ketones (excluding diaryl/α,β-unsaturated/α-hetero) is 1. The summed E-state index contributed by atoms with van der Waals surface area (Å²) in [5.74, 6) is -0.0349. The predicted octanol–water partition coefficient (Wildman–Crippen LogP) is 2.38. The van der Waals surface area contributed by atoms with Crippen molar-refractivity contribution in [3.63, 3.8) is 0 Å². The maximum absolute atomic E-state index is 12.2. The van der Waals surface area contributed by atoms with E-state index in [2.05, 4.69) is 0 Å². The molecular weight excluding hydrogens is 207 g/mol. The molecule has 5 heteroatoms. The number of alkyl halides is 3. The van der Waals surface area contributed by atoms with Gasteiger partial charge in [0.1, 0.15) is 5.78 Å². The van der Waals surface area contributed by atoms with Crippen LogP contribution in [0.2, 0.25) is 0 Å². The van der Waals surface area contributed by atoms with E-state index < -0.39 is 18.8 Å². The number of carbonyl (C=O) groups excluding carboxylic acids is 1. The standard InChI is InChI=1S/C10H16F3NO/c1-2-14(7-10(11,12)13)8-5-3-4-6-9(8)15/h8H,2-7H2,1H3. The van der Waals surface area contributed by atoms with Crippen molar-refractivity contribution < 1.29 is 18.0 Å². The molecule has 1 aliphatic rings. The monoisotopic (exact) mass is 223 g/mol. The molecule has 1 aliphatic carbocycles. The predicted molar refractivity (Wildman–Crippen MR) is 50.6 cm³/mol. The average Bonchev–Trinajstić information content (AvgIpc) is 2.14. The maximum Gasteiger partial charge on any atom is 0.401 e. The van der Waals surface area contributed by atoms with Crippen LogP contribution >= 0.6 is 0 Å². The molecule has 0 aromatic carbocycles. The van der Waals surface area contributed by atoms with Crippen LogP contribution in [0.5, 0.6) is 0 Å². The zero-order valence-electron chi connectivity index (χ0n) is 8.81. The molecule has 0 bridgehead atoms. The highest BCUT2D eigenvalue weighted by atomic mass is 19.4. The first-order valence-electron chi connectivity index (χ1n) is 5.27. The Morgan fingerprint density at radius 3 is 2.53 bits per heavy atom. The zero-order chi connectivity index (χ0) is 11.5. The summed E-state index contributed by atoms with van der Waals surface area (Å²) < 4.78 is 36.7. The third-order valence-corrected chi connectivity index (χ3v) is 2.75. The van der Waals surface area contributed by atoms with Crippen molar-refractivity contribution in [2.75, 3.05) is 13.1 Å². The third-order valence-electron chi connectivity index (χ3n) is 2.75. The lowest BCUT2D eigenvalue weighted by Gasteiger charge is -2.32. The first-order chi connectivity index (χ1) is 6.94. The van der Waals surface area contributed by atoms with E-state index in [1.54, 1.807) is 6.92 Å². The molecule has 15 heavy (non-hydrogen) atoms. The smallest absolute Gasteiger partial charge is 0.298 e. The van der Waals surface area contributed by atoms with Gasteiger partial charge in [-0.25, -0.2) is 0 Å². The SMILES string of the molecule is CCN(CC(F)(F)F)C1CCCCC1=O. The average molecular weight is 223 g/mol. The van der Waals surface area contributed by atoms with Crippen molar-refractivity contribution in [3.05, 3.63) is 0 Å². The molecule has 0 N–H and O–H groups in total. The van der Waals surface area contributed by atoms with Crippen molar-refractivity contribution >= 4 is 5.78 Å². The summed E-state index contributed by atoms with van der Waals surface area (Å²) in [7, 11) is 0. The molecule has 0 heterocycles. The summed E-state index contributed by atoms with van der Waals surface area (Å²) in [5, 5.41) is 0. The van der Waals surface area contributed by atoms with E-state index in [1.807, 2.05) is 0 Å². The number of carbonyl (C=O) groups is 1. The van der Waals surface area contributed by atoms with E-state index in [4.69, 9.17) is 0 Å². The number of likely N-dealkylation sites (N-methyl/N-ethyl adjacent to an activating group) is 1. The summed E-state index contributed by atoms with van der Waals surface area (Å²) in [4.78, 5) is 12.7. The van der Waals surface area contributed by atoms with Crippen molar-refractivity contribution in [2.45, 2.75) is 44.8 Å². The highest BCUT2D eigenvalue weighted by Gasteiger charge is 2.36. The number of halogens is 3. The molecule has 0 aromatic rings. The molecule has 0 aliphatic heterocycles. The van der Waals surface area contributed by atoms with Crippen molar-refractivity contribution in [1.29, 1.82) is 0 Å². The minimum absolute atomic E-state index is 0.0349. The van der Waals surface area contributed by atoms with Crippen LogP contribution < -0.4 is 0 Å². The fourth-order valence-electron chi connectivity index (χ4n) is 2.02. The molecular formula is C10H16F3NO. The summed E-state index contributed by atoms with van der Waals surface area (Å²) in [6.45, 7) is 0.962. The summed E-state index contributed by atoms with van der Waals surface area (Å²) in [5.41, 5.74) is 0. The topological polar surface area (TPSA) is 20.3 Å². The number of hydrogen-bond acceptors (Lipinski definition) is 2. The van der Waals surface area contributed by atoms with Crippen LogP contribution in [0.15, 0.2) is 0 Å². The Bertz CT molecular complexity index is 227. The van der Waals surface area contributed by atoms with E-state index >= 15 is 0 Å². The van der Waals surface area contributed by atoms with Crippen LogP contribution in [0.3, 0.4) is 0 Å². The molecule has 0 saturated heterocycles. The fraction of sp³-hybridized carbons (Fsp3) is 0.900. The van der Waals surface area contributed by atoms with Gasteiger partial charge in [-0.15, -0.1) is 0 Å². The van der Waals surface area contributed by atoms with Gasteiger partial charge >= 0.3 is 6.18 Å². The van der Waals surface area contributed by atoms with Gasteiger partial charge < -0.3 is 0 Å². The highest BCUT2D eigenvalue weighted by Crippen LogP contribution is 2.23. The van der Waals surface area contributed by atoms with Crippen LogP contribution in [0.4, 0.5) is 13.2 Å². The van der Waals surface area contributed by atoms with Gasteiger partial charge in [0.05, 0.1) is 12.6 Å². The first-order valence-corrected chi connectivity index (χ1v) is 5.27. The maximum atomic E-state index is 12.2. The second-order valence-corrected chi connectivity index (χ2v) is 3.91. The molecule has 0 aromatic heterocycles. The second-order valence-electron chi connectivity index (χ2n) is 3.91. The van der Waals surface area contributed by atoms with Crippen LogP contribution in [-0.2, 0) is 4.79 Å².